The van der Waals surface area contributed by atoms with E-state index in [9.17, 15) is 9.59 Å². The second kappa shape index (κ2) is 9.78. The van der Waals surface area contributed by atoms with E-state index < -0.39 is 0 Å². The number of esters is 1. The molecule has 0 aliphatic carbocycles. The quantitative estimate of drug-likeness (QED) is 0.452. The number of methoxy groups -OCH3 is 1. The van der Waals surface area contributed by atoms with E-state index in [1.165, 1.54) is 18.9 Å². The summed E-state index contributed by atoms with van der Waals surface area (Å²) in [5.41, 5.74) is 0.955. The van der Waals surface area contributed by atoms with Crippen LogP contribution in [0.5, 0.6) is 0 Å². The molecule has 0 radical (unpaired) electrons. The fraction of sp³-hybridized carbons (Fsp3) is 0.263. The second-order valence-electron chi connectivity index (χ2n) is 5.19. The van der Waals surface area contributed by atoms with E-state index in [1.807, 2.05) is 60.7 Å². The largest absolute Gasteiger partial charge is 0.469 e. The molecule has 0 saturated carbocycles. The summed E-state index contributed by atoms with van der Waals surface area (Å²) >= 11 is 1.52. The average Bonchev–Trinajstić information content (AvgIpc) is 2.64. The van der Waals surface area contributed by atoms with Gasteiger partial charge in [0.25, 0.3) is 0 Å². The monoisotopic (exact) mass is 343 g/mol. The van der Waals surface area contributed by atoms with E-state index in [0.717, 1.165) is 10.5 Å². The lowest BCUT2D eigenvalue weighted by Crippen LogP contribution is -2.29. The predicted molar refractivity (Wildman–Crippen MR) is 95.7 cm³/mol. The van der Waals surface area contributed by atoms with E-state index in [-0.39, 0.29) is 17.1 Å². The van der Waals surface area contributed by atoms with Crippen molar-refractivity contribution in [2.75, 3.05) is 13.7 Å². The van der Waals surface area contributed by atoms with Crippen molar-refractivity contribution in [2.24, 2.45) is 0 Å². The van der Waals surface area contributed by atoms with Crippen LogP contribution in [0.25, 0.3) is 0 Å². The highest BCUT2D eigenvalue weighted by molar-refractivity contribution is 8.00. The lowest BCUT2D eigenvalue weighted by molar-refractivity contribution is -0.140. The van der Waals surface area contributed by atoms with Crippen molar-refractivity contribution >= 4 is 23.6 Å². The Balaban J connectivity index is 2.00. The van der Waals surface area contributed by atoms with Crippen LogP contribution in [0.1, 0.15) is 23.7 Å². The number of carbonyl (C=O) groups is 2. The van der Waals surface area contributed by atoms with Gasteiger partial charge in [-0.25, -0.2) is 0 Å². The highest BCUT2D eigenvalue weighted by atomic mass is 32.2. The molecule has 24 heavy (non-hydrogen) atoms. The van der Waals surface area contributed by atoms with Crippen molar-refractivity contribution in [2.45, 2.75) is 23.0 Å². The van der Waals surface area contributed by atoms with Crippen molar-refractivity contribution in [1.82, 2.24) is 5.32 Å². The number of benzene rings is 2. The average molecular weight is 343 g/mol. The highest BCUT2D eigenvalue weighted by Crippen LogP contribution is 2.35. The first-order chi connectivity index (χ1) is 11.7. The van der Waals surface area contributed by atoms with Crippen LogP contribution in [0, 0.1) is 0 Å². The Morgan fingerprint density at radius 1 is 1.04 bits per heavy atom. The van der Waals surface area contributed by atoms with Gasteiger partial charge >= 0.3 is 5.97 Å². The topological polar surface area (TPSA) is 55.4 Å². The number of amides is 1. The van der Waals surface area contributed by atoms with Crippen LogP contribution in [-0.2, 0) is 14.3 Å². The Morgan fingerprint density at radius 2 is 1.67 bits per heavy atom. The van der Waals surface area contributed by atoms with Crippen molar-refractivity contribution in [3.63, 3.8) is 0 Å². The maximum Gasteiger partial charge on any atom is 0.305 e. The third kappa shape index (κ3) is 5.74. The Bertz CT molecular complexity index is 646. The molecule has 126 valence electrons. The number of hydrogen-bond acceptors (Lipinski definition) is 4. The summed E-state index contributed by atoms with van der Waals surface area (Å²) in [6, 6.07) is 19.5. The maximum atomic E-state index is 12.6. The van der Waals surface area contributed by atoms with Crippen LogP contribution in [-0.4, -0.2) is 25.5 Å². The van der Waals surface area contributed by atoms with Crippen LogP contribution in [0.4, 0.5) is 0 Å². The molecule has 2 aromatic carbocycles. The van der Waals surface area contributed by atoms with Gasteiger partial charge in [-0.05, 0) is 24.1 Å². The Kier molecular flexibility index (Phi) is 7.36. The van der Waals surface area contributed by atoms with Crippen LogP contribution < -0.4 is 5.32 Å². The van der Waals surface area contributed by atoms with Gasteiger partial charge in [-0.2, -0.15) is 0 Å². The van der Waals surface area contributed by atoms with Crippen LogP contribution in [0.15, 0.2) is 65.6 Å². The molecule has 0 spiro atoms. The molecule has 1 N–H and O–H groups in total. The molecule has 1 unspecified atom stereocenters. The molecule has 0 aromatic heterocycles. The van der Waals surface area contributed by atoms with Gasteiger partial charge < -0.3 is 10.1 Å². The number of hydrogen-bond donors (Lipinski definition) is 1. The fourth-order valence-electron chi connectivity index (χ4n) is 2.17. The highest BCUT2D eigenvalue weighted by Gasteiger charge is 2.21. The summed E-state index contributed by atoms with van der Waals surface area (Å²) in [5, 5.41) is 2.59. The number of rotatable bonds is 8. The molecular weight excluding hydrogens is 322 g/mol. The summed E-state index contributed by atoms with van der Waals surface area (Å²) in [6.45, 7) is 0.451. The zero-order chi connectivity index (χ0) is 17.2. The first-order valence-electron chi connectivity index (χ1n) is 7.82. The second-order valence-corrected chi connectivity index (χ2v) is 6.37. The predicted octanol–water partition coefficient (Wildman–Crippen LogP) is 3.59. The minimum atomic E-state index is -0.327. The minimum absolute atomic E-state index is 0.0556. The Morgan fingerprint density at radius 3 is 2.29 bits per heavy atom. The molecular formula is C19H21NO3S. The van der Waals surface area contributed by atoms with Crippen LogP contribution in [0.3, 0.4) is 0 Å². The standard InChI is InChI=1S/C19H21NO3S/c1-23-17(21)13-8-14-20-19(22)18(15-9-4-2-5-10-15)24-16-11-6-3-7-12-16/h2-7,9-12,18H,8,13-14H2,1H3,(H,20,22). The maximum absolute atomic E-state index is 12.6. The van der Waals surface area contributed by atoms with Crippen LogP contribution >= 0.6 is 11.8 Å². The van der Waals surface area contributed by atoms with Crippen molar-refractivity contribution < 1.29 is 14.3 Å². The first-order valence-corrected chi connectivity index (χ1v) is 8.70. The van der Waals surface area contributed by atoms with E-state index in [1.54, 1.807) is 0 Å². The van der Waals surface area contributed by atoms with E-state index >= 15 is 0 Å². The van der Waals surface area contributed by atoms with Gasteiger partial charge in [0.1, 0.15) is 5.25 Å². The first kappa shape index (κ1) is 18.1. The van der Waals surface area contributed by atoms with Crippen LogP contribution in [0.2, 0.25) is 0 Å². The molecule has 1 atom stereocenters. The molecule has 2 rings (SSSR count). The molecule has 0 aliphatic rings. The smallest absolute Gasteiger partial charge is 0.305 e. The van der Waals surface area contributed by atoms with Gasteiger partial charge in [0.05, 0.1) is 7.11 Å². The van der Waals surface area contributed by atoms with Gasteiger partial charge in [-0.15, -0.1) is 11.8 Å². The number of carbonyl (C=O) groups excluding carboxylic acids is 2. The number of ether oxygens (including phenoxy) is 1. The molecule has 4 nitrogen and oxygen atoms in total. The molecule has 1 amide bonds. The lowest BCUT2D eigenvalue weighted by Gasteiger charge is -2.17. The molecule has 0 saturated heterocycles. The molecule has 2 aromatic rings. The van der Waals surface area contributed by atoms with E-state index in [0.29, 0.717) is 19.4 Å². The van der Waals surface area contributed by atoms with Gasteiger partial charge in [0.2, 0.25) is 5.91 Å². The van der Waals surface area contributed by atoms with Crippen molar-refractivity contribution in [3.05, 3.63) is 66.2 Å². The summed E-state index contributed by atoms with van der Waals surface area (Å²) in [5.74, 6) is -0.317. The summed E-state index contributed by atoms with van der Waals surface area (Å²) in [7, 11) is 1.36. The molecule has 0 aliphatic heterocycles. The van der Waals surface area contributed by atoms with E-state index in [4.69, 9.17) is 0 Å². The van der Waals surface area contributed by atoms with Gasteiger partial charge in [-0.1, -0.05) is 48.5 Å². The Labute approximate surface area is 146 Å². The van der Waals surface area contributed by atoms with E-state index in [2.05, 4.69) is 10.1 Å². The number of thioether (sulfide) groups is 1. The number of nitrogens with one attached hydrogen (secondary N) is 1. The van der Waals surface area contributed by atoms with Gasteiger partial charge in [0, 0.05) is 17.9 Å². The normalized spacial score (nSPS) is 11.5. The third-order valence-corrected chi connectivity index (χ3v) is 4.69. The molecule has 5 heteroatoms. The lowest BCUT2D eigenvalue weighted by atomic mass is 10.1. The Hall–Kier alpha value is -2.27. The summed E-state index contributed by atoms with van der Waals surface area (Å²) < 4.78 is 4.60. The summed E-state index contributed by atoms with van der Waals surface area (Å²) in [4.78, 5) is 24.8. The third-order valence-electron chi connectivity index (χ3n) is 3.42. The molecule has 0 fully saturated rings. The molecule has 0 heterocycles. The van der Waals surface area contributed by atoms with Crippen molar-refractivity contribution in [1.29, 1.82) is 0 Å². The molecule has 0 bridgehead atoms. The SMILES string of the molecule is COC(=O)CCCNC(=O)C(Sc1ccccc1)c1ccccc1. The zero-order valence-corrected chi connectivity index (χ0v) is 14.4. The van der Waals surface area contributed by atoms with Gasteiger partial charge in [-0.3, -0.25) is 9.59 Å². The fourth-order valence-corrected chi connectivity index (χ4v) is 3.25. The summed E-state index contributed by atoms with van der Waals surface area (Å²) in [6.07, 6.45) is 0.870. The van der Waals surface area contributed by atoms with Crippen molar-refractivity contribution in [3.8, 4) is 0 Å². The zero-order valence-electron chi connectivity index (χ0n) is 13.6. The van der Waals surface area contributed by atoms with Gasteiger partial charge in [0.15, 0.2) is 0 Å². The minimum Gasteiger partial charge on any atom is -0.469 e.